The molecule has 0 aromatic heterocycles. The van der Waals surface area contributed by atoms with Gasteiger partial charge in [-0.2, -0.15) is 0 Å². The molecule has 2 aromatic rings. The van der Waals surface area contributed by atoms with E-state index >= 15 is 0 Å². The summed E-state index contributed by atoms with van der Waals surface area (Å²) in [6.45, 7) is 2.42. The number of fused-ring (bicyclic) bond motifs is 3. The second-order valence-corrected chi connectivity index (χ2v) is 6.82. The number of hydrogen-bond acceptors (Lipinski definition) is 5. The molecule has 27 heavy (non-hydrogen) atoms. The van der Waals surface area contributed by atoms with Crippen molar-refractivity contribution < 1.29 is 19.0 Å². The number of ether oxygens (including phenoxy) is 3. The molecule has 6 heteroatoms. The van der Waals surface area contributed by atoms with Gasteiger partial charge in [-0.15, -0.1) is 12.4 Å². The molecular formula is C21H24ClNO4. The Labute approximate surface area is 165 Å². The third-order valence-electron chi connectivity index (χ3n) is 5.38. The van der Waals surface area contributed by atoms with Crippen LogP contribution >= 0.6 is 12.4 Å². The lowest BCUT2D eigenvalue weighted by molar-refractivity contribution is -0.0357. The van der Waals surface area contributed by atoms with E-state index in [1.165, 1.54) is 11.1 Å². The lowest BCUT2D eigenvalue weighted by Gasteiger charge is -2.51. The van der Waals surface area contributed by atoms with E-state index < -0.39 is 0 Å². The summed E-state index contributed by atoms with van der Waals surface area (Å²) in [5, 5.41) is 0. The molecule has 2 atom stereocenters. The van der Waals surface area contributed by atoms with Crippen molar-refractivity contribution in [3.63, 3.8) is 0 Å². The number of halogens is 1. The zero-order valence-corrected chi connectivity index (χ0v) is 16.3. The van der Waals surface area contributed by atoms with Gasteiger partial charge in [0.15, 0.2) is 11.5 Å². The van der Waals surface area contributed by atoms with Crippen molar-refractivity contribution in [3.8, 4) is 11.5 Å². The second kappa shape index (κ2) is 8.19. The van der Waals surface area contributed by atoms with Crippen LogP contribution in [0.25, 0.3) is 0 Å². The third kappa shape index (κ3) is 3.62. The Morgan fingerprint density at radius 3 is 2.52 bits per heavy atom. The Bertz CT molecular complexity index is 811. The van der Waals surface area contributed by atoms with Gasteiger partial charge in [0.2, 0.25) is 0 Å². The summed E-state index contributed by atoms with van der Waals surface area (Å²) in [5.74, 6) is 1.57. The van der Waals surface area contributed by atoms with Crippen molar-refractivity contribution >= 4 is 18.4 Å². The molecule has 0 radical (unpaired) electrons. The number of carbonyl (C=O) groups excluding carboxylic acids is 1. The predicted octanol–water partition coefficient (Wildman–Crippen LogP) is 3.51. The first kappa shape index (κ1) is 19.5. The van der Waals surface area contributed by atoms with Gasteiger partial charge in [0.25, 0.3) is 0 Å². The molecule has 0 saturated carbocycles. The van der Waals surface area contributed by atoms with Gasteiger partial charge in [0.05, 0.1) is 26.4 Å². The van der Waals surface area contributed by atoms with E-state index in [2.05, 4.69) is 17.0 Å². The van der Waals surface area contributed by atoms with Crippen LogP contribution in [0.4, 0.5) is 0 Å². The Morgan fingerprint density at radius 1 is 1.11 bits per heavy atom. The fourth-order valence-corrected chi connectivity index (χ4v) is 4.03. The standard InChI is InChI=1S/C21H23NO4.ClH/c1-24-18-10-15-8-9-22-12-16(20(22)17(15)11-19(18)25-2)13-26-21(23)14-6-4-3-5-7-14;/h3-7,10-11,16,20H,8-9,12-13H2,1-2H3;1H. The summed E-state index contributed by atoms with van der Waals surface area (Å²) in [7, 11) is 3.32. The molecule has 2 aromatic carbocycles. The molecular weight excluding hydrogens is 366 g/mol. The van der Waals surface area contributed by atoms with Crippen LogP contribution in [0, 0.1) is 5.92 Å². The van der Waals surface area contributed by atoms with Crippen molar-refractivity contribution in [2.75, 3.05) is 33.9 Å². The summed E-state index contributed by atoms with van der Waals surface area (Å²) in [6, 6.07) is 13.6. The number of carbonyl (C=O) groups is 1. The molecule has 2 heterocycles. The zero-order chi connectivity index (χ0) is 18.1. The second-order valence-electron chi connectivity index (χ2n) is 6.82. The summed E-state index contributed by atoms with van der Waals surface area (Å²) in [5.41, 5.74) is 3.16. The van der Waals surface area contributed by atoms with E-state index in [9.17, 15) is 4.79 Å². The zero-order valence-electron chi connectivity index (χ0n) is 15.5. The highest BCUT2D eigenvalue weighted by Crippen LogP contribution is 2.46. The smallest absolute Gasteiger partial charge is 0.338 e. The van der Waals surface area contributed by atoms with E-state index in [0.29, 0.717) is 18.1 Å². The van der Waals surface area contributed by atoms with Crippen molar-refractivity contribution in [1.29, 1.82) is 0 Å². The van der Waals surface area contributed by atoms with Crippen LogP contribution < -0.4 is 9.47 Å². The van der Waals surface area contributed by atoms with Crippen molar-refractivity contribution in [3.05, 3.63) is 59.2 Å². The summed E-state index contributed by atoms with van der Waals surface area (Å²) < 4.78 is 16.5. The molecule has 1 fully saturated rings. The quantitative estimate of drug-likeness (QED) is 0.732. The average molecular weight is 390 g/mol. The van der Waals surface area contributed by atoms with Crippen molar-refractivity contribution in [1.82, 2.24) is 4.90 Å². The summed E-state index contributed by atoms with van der Waals surface area (Å²) in [6.07, 6.45) is 1.00. The molecule has 144 valence electrons. The minimum Gasteiger partial charge on any atom is -0.493 e. The van der Waals surface area contributed by atoms with Gasteiger partial charge in [0.1, 0.15) is 0 Å². The lowest BCUT2D eigenvalue weighted by atomic mass is 9.78. The molecule has 5 nitrogen and oxygen atoms in total. The van der Waals surface area contributed by atoms with Crippen LogP contribution in [0.3, 0.4) is 0 Å². The molecule has 0 amide bonds. The van der Waals surface area contributed by atoms with Gasteiger partial charge in [-0.25, -0.2) is 4.79 Å². The van der Waals surface area contributed by atoms with E-state index in [-0.39, 0.29) is 24.4 Å². The maximum Gasteiger partial charge on any atom is 0.338 e. The van der Waals surface area contributed by atoms with E-state index in [4.69, 9.17) is 14.2 Å². The fourth-order valence-electron chi connectivity index (χ4n) is 4.03. The summed E-state index contributed by atoms with van der Waals surface area (Å²) in [4.78, 5) is 14.6. The van der Waals surface area contributed by atoms with E-state index in [1.807, 2.05) is 18.2 Å². The van der Waals surface area contributed by atoms with Gasteiger partial charge in [-0.05, 0) is 41.8 Å². The van der Waals surface area contributed by atoms with Crippen LogP contribution in [-0.4, -0.2) is 44.8 Å². The molecule has 0 aliphatic carbocycles. The molecule has 0 N–H and O–H groups in total. The Balaban J connectivity index is 0.00000210. The van der Waals surface area contributed by atoms with E-state index in [0.717, 1.165) is 31.0 Å². The average Bonchev–Trinajstić information content (AvgIpc) is 2.67. The topological polar surface area (TPSA) is 48.0 Å². The number of rotatable bonds is 5. The lowest BCUT2D eigenvalue weighted by Crippen LogP contribution is -2.54. The highest BCUT2D eigenvalue weighted by atomic mass is 35.5. The molecule has 2 unspecified atom stereocenters. The Hall–Kier alpha value is -2.24. The van der Waals surface area contributed by atoms with Gasteiger partial charge < -0.3 is 14.2 Å². The van der Waals surface area contributed by atoms with Crippen molar-refractivity contribution in [2.24, 2.45) is 5.92 Å². The Kier molecular flexibility index (Phi) is 5.92. The molecule has 4 rings (SSSR count). The third-order valence-corrected chi connectivity index (χ3v) is 5.38. The van der Waals surface area contributed by atoms with Crippen molar-refractivity contribution in [2.45, 2.75) is 12.5 Å². The SMILES string of the molecule is COc1cc2c(cc1OC)C1C(COC(=O)c3ccccc3)CN1CC2.Cl. The normalized spacial score (nSPS) is 20.4. The minimum atomic E-state index is -0.257. The maximum atomic E-state index is 12.2. The van der Waals surface area contributed by atoms with Crippen LogP contribution in [0.2, 0.25) is 0 Å². The molecule has 0 bridgehead atoms. The first-order valence-corrected chi connectivity index (χ1v) is 8.92. The monoisotopic (exact) mass is 389 g/mol. The number of esters is 1. The molecule has 2 aliphatic rings. The predicted molar refractivity (Wildman–Crippen MR) is 105 cm³/mol. The Morgan fingerprint density at radius 2 is 1.81 bits per heavy atom. The van der Waals surface area contributed by atoms with Crippen LogP contribution in [0.1, 0.15) is 27.5 Å². The van der Waals surface area contributed by atoms with E-state index in [1.54, 1.807) is 26.4 Å². The fraction of sp³-hybridized carbons (Fsp3) is 0.381. The van der Waals surface area contributed by atoms with Crippen LogP contribution in [-0.2, 0) is 11.2 Å². The van der Waals surface area contributed by atoms with Gasteiger partial charge in [-0.3, -0.25) is 4.90 Å². The molecule has 1 saturated heterocycles. The van der Waals surface area contributed by atoms with Crippen LogP contribution in [0.5, 0.6) is 11.5 Å². The first-order chi connectivity index (χ1) is 12.7. The first-order valence-electron chi connectivity index (χ1n) is 8.92. The number of methoxy groups -OCH3 is 2. The van der Waals surface area contributed by atoms with Gasteiger partial charge in [0, 0.05) is 25.0 Å². The molecule has 0 spiro atoms. The largest absolute Gasteiger partial charge is 0.493 e. The van der Waals surface area contributed by atoms with Crippen LogP contribution in [0.15, 0.2) is 42.5 Å². The highest BCUT2D eigenvalue weighted by Gasteiger charge is 2.44. The minimum absolute atomic E-state index is 0. The number of hydrogen-bond donors (Lipinski definition) is 0. The van der Waals surface area contributed by atoms with Gasteiger partial charge in [-0.1, -0.05) is 18.2 Å². The highest BCUT2D eigenvalue weighted by molar-refractivity contribution is 5.89. The number of nitrogens with zero attached hydrogens (tertiary/aromatic N) is 1. The maximum absolute atomic E-state index is 12.2. The summed E-state index contributed by atoms with van der Waals surface area (Å²) >= 11 is 0. The van der Waals surface area contributed by atoms with Gasteiger partial charge >= 0.3 is 5.97 Å². The number of benzene rings is 2. The molecule has 2 aliphatic heterocycles.